The quantitative estimate of drug-likeness (QED) is 0.389. The van der Waals surface area contributed by atoms with Crippen LogP contribution in [0.3, 0.4) is 0 Å². The van der Waals surface area contributed by atoms with Crippen LogP contribution in [0.5, 0.6) is 17.2 Å². The van der Waals surface area contributed by atoms with E-state index in [4.69, 9.17) is 14.2 Å². The zero-order chi connectivity index (χ0) is 26.1. The lowest BCUT2D eigenvalue weighted by Gasteiger charge is -2.30. The van der Waals surface area contributed by atoms with Crippen LogP contribution in [0.2, 0.25) is 0 Å². The lowest BCUT2D eigenvalue weighted by Crippen LogP contribution is -2.27. The fourth-order valence-electron chi connectivity index (χ4n) is 5.39. The molecule has 6 nitrogen and oxygen atoms in total. The second-order valence-electron chi connectivity index (χ2n) is 9.95. The molecule has 0 saturated heterocycles. The zero-order valence-electron chi connectivity index (χ0n) is 22.1. The van der Waals surface area contributed by atoms with Crippen molar-refractivity contribution in [1.29, 1.82) is 0 Å². The van der Waals surface area contributed by atoms with E-state index >= 15 is 0 Å². The minimum atomic E-state index is -0.235. The molecule has 0 spiro atoms. The molecular formula is C31H34N2O4. The highest BCUT2D eigenvalue weighted by Crippen LogP contribution is 2.47. The molecule has 5 rings (SSSR count). The summed E-state index contributed by atoms with van der Waals surface area (Å²) in [5.74, 6) is 2.28. The topological polar surface area (TPSA) is 68.8 Å². The number of allylic oxidation sites excluding steroid dienone is 1. The molecule has 0 saturated carbocycles. The van der Waals surface area contributed by atoms with Gasteiger partial charge in [0.25, 0.3) is 0 Å². The third kappa shape index (κ3) is 4.64. The number of ketones is 1. The smallest absolute Gasteiger partial charge is 0.203 e. The molecule has 192 valence electrons. The lowest BCUT2D eigenvalue weighted by atomic mass is 9.78. The molecule has 3 aromatic carbocycles. The Kier molecular flexibility index (Phi) is 6.83. The van der Waals surface area contributed by atoms with Crippen molar-refractivity contribution < 1.29 is 19.0 Å². The van der Waals surface area contributed by atoms with Crippen molar-refractivity contribution in [3.05, 3.63) is 88.6 Å². The molecule has 2 atom stereocenters. The van der Waals surface area contributed by atoms with Crippen LogP contribution in [0.4, 0.5) is 11.4 Å². The number of methoxy groups -OCH3 is 3. The van der Waals surface area contributed by atoms with Gasteiger partial charge in [0.15, 0.2) is 17.3 Å². The molecule has 1 aliphatic heterocycles. The van der Waals surface area contributed by atoms with Crippen LogP contribution >= 0.6 is 0 Å². The first kappa shape index (κ1) is 24.8. The van der Waals surface area contributed by atoms with Gasteiger partial charge in [-0.15, -0.1) is 0 Å². The molecule has 37 heavy (non-hydrogen) atoms. The van der Waals surface area contributed by atoms with E-state index in [1.54, 1.807) is 21.3 Å². The number of nitrogens with one attached hydrogen (secondary N) is 2. The normalized spacial score (nSPS) is 18.8. The number of Topliss-reactive ketones (excluding diaryl/α,β-unsaturated/α-hetero) is 1. The van der Waals surface area contributed by atoms with Gasteiger partial charge in [-0.3, -0.25) is 4.79 Å². The van der Waals surface area contributed by atoms with Crippen molar-refractivity contribution in [2.45, 2.75) is 44.6 Å². The van der Waals surface area contributed by atoms with E-state index in [9.17, 15) is 4.79 Å². The van der Waals surface area contributed by atoms with Gasteiger partial charge in [0.1, 0.15) is 0 Å². The van der Waals surface area contributed by atoms with Gasteiger partial charge in [0, 0.05) is 17.7 Å². The van der Waals surface area contributed by atoms with E-state index in [-0.39, 0.29) is 17.7 Å². The summed E-state index contributed by atoms with van der Waals surface area (Å²) in [6.07, 6.45) is 1.09. The molecule has 0 amide bonds. The Balaban J connectivity index is 1.58. The van der Waals surface area contributed by atoms with Crippen LogP contribution in [-0.4, -0.2) is 27.1 Å². The van der Waals surface area contributed by atoms with Crippen molar-refractivity contribution in [3.8, 4) is 17.2 Å². The number of anilines is 2. The minimum absolute atomic E-state index is 0.0262. The summed E-state index contributed by atoms with van der Waals surface area (Å²) >= 11 is 0. The zero-order valence-corrected chi connectivity index (χ0v) is 22.1. The van der Waals surface area contributed by atoms with Crippen molar-refractivity contribution >= 4 is 17.2 Å². The molecule has 0 radical (unpaired) electrons. The number of hydrogen-bond acceptors (Lipinski definition) is 6. The summed E-state index contributed by atoms with van der Waals surface area (Å²) in [6.45, 7) is 4.38. The molecule has 6 heteroatoms. The van der Waals surface area contributed by atoms with Crippen LogP contribution in [0.25, 0.3) is 0 Å². The average Bonchev–Trinajstić information content (AvgIpc) is 3.09. The van der Waals surface area contributed by atoms with Gasteiger partial charge in [0.05, 0.1) is 38.7 Å². The first-order chi connectivity index (χ1) is 17.9. The Labute approximate surface area is 218 Å². The Bertz CT molecular complexity index is 1320. The number of para-hydroxylation sites is 2. The molecule has 0 fully saturated rings. The second-order valence-corrected chi connectivity index (χ2v) is 9.95. The fourth-order valence-corrected chi connectivity index (χ4v) is 5.39. The van der Waals surface area contributed by atoms with E-state index in [0.29, 0.717) is 36.0 Å². The summed E-state index contributed by atoms with van der Waals surface area (Å²) in [5, 5.41) is 7.27. The summed E-state index contributed by atoms with van der Waals surface area (Å²) in [7, 11) is 4.81. The van der Waals surface area contributed by atoms with Crippen molar-refractivity contribution in [2.75, 3.05) is 32.0 Å². The molecule has 1 aliphatic carbocycles. The van der Waals surface area contributed by atoms with Crippen LogP contribution in [0.1, 0.15) is 61.3 Å². The summed E-state index contributed by atoms with van der Waals surface area (Å²) in [5.41, 5.74) is 7.04. The number of ether oxygens (including phenoxy) is 3. The van der Waals surface area contributed by atoms with Crippen LogP contribution in [0.15, 0.2) is 71.9 Å². The maximum Gasteiger partial charge on any atom is 0.203 e. The molecular weight excluding hydrogens is 464 g/mol. The number of carbonyl (C=O) groups excluding carboxylic acids is 1. The van der Waals surface area contributed by atoms with Crippen molar-refractivity contribution in [1.82, 2.24) is 0 Å². The van der Waals surface area contributed by atoms with Gasteiger partial charge in [-0.05, 0) is 59.2 Å². The first-order valence-electron chi connectivity index (χ1n) is 12.7. The Morgan fingerprint density at radius 1 is 0.811 bits per heavy atom. The number of benzene rings is 3. The molecule has 3 aromatic rings. The van der Waals surface area contributed by atoms with Crippen LogP contribution in [0, 0.1) is 0 Å². The highest BCUT2D eigenvalue weighted by atomic mass is 16.5. The molecule has 0 aromatic heterocycles. The van der Waals surface area contributed by atoms with E-state index < -0.39 is 0 Å². The molecule has 2 N–H and O–H groups in total. The molecule has 0 unspecified atom stereocenters. The van der Waals surface area contributed by atoms with E-state index in [0.717, 1.165) is 33.8 Å². The van der Waals surface area contributed by atoms with Gasteiger partial charge >= 0.3 is 0 Å². The van der Waals surface area contributed by atoms with Gasteiger partial charge in [-0.2, -0.15) is 0 Å². The number of hydrogen-bond donors (Lipinski definition) is 2. The number of rotatable bonds is 6. The molecule has 1 heterocycles. The third-order valence-electron chi connectivity index (χ3n) is 7.40. The van der Waals surface area contributed by atoms with E-state index in [2.05, 4.69) is 54.8 Å². The number of fused-ring (bicyclic) bond motifs is 1. The highest BCUT2D eigenvalue weighted by Gasteiger charge is 2.36. The Hall–Kier alpha value is -3.93. The van der Waals surface area contributed by atoms with Crippen molar-refractivity contribution in [3.63, 3.8) is 0 Å². The summed E-state index contributed by atoms with van der Waals surface area (Å²) in [4.78, 5) is 13.9. The van der Waals surface area contributed by atoms with Gasteiger partial charge in [-0.1, -0.05) is 50.2 Å². The maximum absolute atomic E-state index is 13.9. The lowest BCUT2D eigenvalue weighted by molar-refractivity contribution is -0.116. The summed E-state index contributed by atoms with van der Waals surface area (Å²) in [6, 6.07) is 20.4. The first-order valence-corrected chi connectivity index (χ1v) is 12.7. The maximum atomic E-state index is 13.9. The monoisotopic (exact) mass is 498 g/mol. The molecule has 2 aliphatic rings. The van der Waals surface area contributed by atoms with Crippen LogP contribution in [-0.2, 0) is 4.79 Å². The highest BCUT2D eigenvalue weighted by molar-refractivity contribution is 6.01. The van der Waals surface area contributed by atoms with Gasteiger partial charge in [0.2, 0.25) is 5.75 Å². The standard InChI is InChI=1S/C31H34N2O4/c1-18(2)19-10-12-20(13-11-19)30-29-25(32-23-8-6-7-9-24(23)33-30)14-21(15-26(29)34)22-16-27(35-3)31(37-5)28(17-22)36-4/h6-13,16-18,21,30,32-33H,14-15H2,1-5H3/t21-,30+/m1/s1. The fraction of sp³-hybridized carbons (Fsp3) is 0.323. The van der Waals surface area contributed by atoms with E-state index in [1.165, 1.54) is 5.56 Å². The Morgan fingerprint density at radius 2 is 1.46 bits per heavy atom. The predicted octanol–water partition coefficient (Wildman–Crippen LogP) is 6.82. The largest absolute Gasteiger partial charge is 0.493 e. The SMILES string of the molecule is COc1cc([C@H]2CC(=O)C3=C(C2)Nc2ccccc2N[C@H]3c2ccc(C(C)C)cc2)cc(OC)c1OC. The van der Waals surface area contributed by atoms with E-state index in [1.807, 2.05) is 30.3 Å². The number of carbonyl (C=O) groups is 1. The Morgan fingerprint density at radius 3 is 2.05 bits per heavy atom. The second kappa shape index (κ2) is 10.2. The minimum Gasteiger partial charge on any atom is -0.493 e. The molecule has 0 bridgehead atoms. The summed E-state index contributed by atoms with van der Waals surface area (Å²) < 4.78 is 16.7. The average molecular weight is 499 g/mol. The third-order valence-corrected chi connectivity index (χ3v) is 7.40. The predicted molar refractivity (Wildman–Crippen MR) is 147 cm³/mol. The van der Waals surface area contributed by atoms with Crippen LogP contribution < -0.4 is 24.8 Å². The van der Waals surface area contributed by atoms with Crippen molar-refractivity contribution in [2.24, 2.45) is 0 Å². The van der Waals surface area contributed by atoms with Gasteiger partial charge < -0.3 is 24.8 Å². The van der Waals surface area contributed by atoms with Gasteiger partial charge in [-0.25, -0.2) is 0 Å².